The van der Waals surface area contributed by atoms with Gasteiger partial charge in [0.25, 0.3) is 0 Å². The summed E-state index contributed by atoms with van der Waals surface area (Å²) in [6.07, 6.45) is 1.92. The third-order valence-corrected chi connectivity index (χ3v) is 5.00. The van der Waals surface area contributed by atoms with E-state index in [2.05, 4.69) is 12.2 Å². The SMILES string of the molecule is CCCNC(c1cccc(Cl)c1Cl)C1CCC(F)(F)CC1. The molecule has 0 radical (unpaired) electrons. The molecule has 0 aliphatic heterocycles. The molecule has 1 N–H and O–H groups in total. The Kier molecular flexibility index (Phi) is 5.87. The molecule has 5 heteroatoms. The van der Waals surface area contributed by atoms with Crippen LogP contribution in [0.25, 0.3) is 0 Å². The number of hydrogen-bond donors (Lipinski definition) is 1. The van der Waals surface area contributed by atoms with E-state index < -0.39 is 5.92 Å². The van der Waals surface area contributed by atoms with Crippen molar-refractivity contribution in [2.24, 2.45) is 5.92 Å². The molecule has 0 bridgehead atoms. The van der Waals surface area contributed by atoms with Crippen LogP contribution in [0.15, 0.2) is 18.2 Å². The van der Waals surface area contributed by atoms with Crippen LogP contribution in [0.1, 0.15) is 50.6 Å². The molecular formula is C16H21Cl2F2N. The smallest absolute Gasteiger partial charge is 0.248 e. The molecule has 0 amide bonds. The summed E-state index contributed by atoms with van der Waals surface area (Å²) in [6.45, 7) is 2.92. The Morgan fingerprint density at radius 1 is 1.29 bits per heavy atom. The second-order valence-electron chi connectivity index (χ2n) is 5.77. The number of hydrogen-bond acceptors (Lipinski definition) is 1. The van der Waals surface area contributed by atoms with Crippen molar-refractivity contribution in [2.75, 3.05) is 6.54 Å². The van der Waals surface area contributed by atoms with Crippen LogP contribution in [0.4, 0.5) is 8.78 Å². The Morgan fingerprint density at radius 2 is 1.95 bits per heavy atom. The molecule has 1 nitrogen and oxygen atoms in total. The summed E-state index contributed by atoms with van der Waals surface area (Å²) in [5, 5.41) is 4.51. The highest BCUT2D eigenvalue weighted by Crippen LogP contribution is 2.43. The maximum absolute atomic E-state index is 13.4. The number of halogens is 4. The lowest BCUT2D eigenvalue weighted by Gasteiger charge is -2.35. The molecule has 2 rings (SSSR count). The summed E-state index contributed by atoms with van der Waals surface area (Å²) >= 11 is 12.4. The topological polar surface area (TPSA) is 12.0 Å². The lowest BCUT2D eigenvalue weighted by atomic mass is 9.79. The maximum Gasteiger partial charge on any atom is 0.248 e. The van der Waals surface area contributed by atoms with E-state index in [1.165, 1.54) is 0 Å². The zero-order valence-electron chi connectivity index (χ0n) is 12.1. The molecule has 1 unspecified atom stereocenters. The van der Waals surface area contributed by atoms with E-state index in [9.17, 15) is 8.78 Å². The van der Waals surface area contributed by atoms with Gasteiger partial charge in [-0.15, -0.1) is 0 Å². The van der Waals surface area contributed by atoms with Gasteiger partial charge in [-0.1, -0.05) is 42.3 Å². The first-order valence-electron chi connectivity index (χ1n) is 7.49. The van der Waals surface area contributed by atoms with Gasteiger partial charge in [0.1, 0.15) is 0 Å². The average molecular weight is 336 g/mol. The minimum absolute atomic E-state index is 0.00718. The lowest BCUT2D eigenvalue weighted by Crippen LogP contribution is -2.34. The third-order valence-electron chi connectivity index (χ3n) is 4.16. The monoisotopic (exact) mass is 335 g/mol. The zero-order valence-corrected chi connectivity index (χ0v) is 13.7. The standard InChI is InChI=1S/C16H21Cl2F2N/c1-2-10-21-15(11-6-8-16(19,20)9-7-11)12-4-3-5-13(17)14(12)18/h3-5,11,15,21H,2,6-10H2,1H3. The van der Waals surface area contributed by atoms with Gasteiger partial charge in [0, 0.05) is 18.9 Å². The zero-order chi connectivity index (χ0) is 15.5. The van der Waals surface area contributed by atoms with Crippen molar-refractivity contribution in [3.05, 3.63) is 33.8 Å². The van der Waals surface area contributed by atoms with E-state index in [1.54, 1.807) is 6.07 Å². The molecule has 0 aromatic heterocycles. The summed E-state index contributed by atoms with van der Waals surface area (Å²) in [5.74, 6) is -2.34. The van der Waals surface area contributed by atoms with Gasteiger partial charge in [-0.2, -0.15) is 0 Å². The molecule has 0 spiro atoms. The van der Waals surface area contributed by atoms with Gasteiger partial charge in [0.2, 0.25) is 5.92 Å². The largest absolute Gasteiger partial charge is 0.310 e. The van der Waals surface area contributed by atoms with Crippen LogP contribution in [0.2, 0.25) is 10.0 Å². The summed E-state index contributed by atoms with van der Waals surface area (Å²) in [7, 11) is 0. The van der Waals surface area contributed by atoms with Crippen LogP contribution in [-0.2, 0) is 0 Å². The Bertz CT molecular complexity index is 469. The van der Waals surface area contributed by atoms with Crippen molar-refractivity contribution in [1.29, 1.82) is 0 Å². The fourth-order valence-electron chi connectivity index (χ4n) is 2.99. The molecule has 118 valence electrons. The molecule has 0 saturated heterocycles. The first kappa shape index (κ1) is 17.0. The van der Waals surface area contributed by atoms with E-state index in [0.717, 1.165) is 18.5 Å². The van der Waals surface area contributed by atoms with Crippen molar-refractivity contribution in [2.45, 2.75) is 51.0 Å². The van der Waals surface area contributed by atoms with Gasteiger partial charge < -0.3 is 5.32 Å². The molecular weight excluding hydrogens is 315 g/mol. The van der Waals surface area contributed by atoms with Crippen LogP contribution in [0.3, 0.4) is 0 Å². The van der Waals surface area contributed by atoms with Gasteiger partial charge in [-0.3, -0.25) is 0 Å². The quantitative estimate of drug-likeness (QED) is 0.710. The number of nitrogens with one attached hydrogen (secondary N) is 1. The minimum atomic E-state index is -2.51. The van der Waals surface area contributed by atoms with Crippen molar-refractivity contribution >= 4 is 23.2 Å². The minimum Gasteiger partial charge on any atom is -0.310 e. The summed E-state index contributed by atoms with van der Waals surface area (Å²) < 4.78 is 26.7. The highest BCUT2D eigenvalue weighted by molar-refractivity contribution is 6.42. The Balaban J connectivity index is 2.20. The molecule has 1 aliphatic carbocycles. The highest BCUT2D eigenvalue weighted by atomic mass is 35.5. The summed E-state index contributed by atoms with van der Waals surface area (Å²) in [4.78, 5) is 0. The van der Waals surface area contributed by atoms with Gasteiger partial charge in [-0.05, 0) is 43.4 Å². The second-order valence-corrected chi connectivity index (χ2v) is 6.55. The van der Waals surface area contributed by atoms with Crippen molar-refractivity contribution in [3.63, 3.8) is 0 Å². The Hall–Kier alpha value is -0.380. The molecule has 0 heterocycles. The van der Waals surface area contributed by atoms with E-state index >= 15 is 0 Å². The molecule has 1 aromatic carbocycles. The predicted molar refractivity (Wildman–Crippen MR) is 84.4 cm³/mol. The fourth-order valence-corrected chi connectivity index (χ4v) is 3.41. The van der Waals surface area contributed by atoms with Crippen molar-refractivity contribution < 1.29 is 8.78 Å². The highest BCUT2D eigenvalue weighted by Gasteiger charge is 2.38. The molecule has 21 heavy (non-hydrogen) atoms. The predicted octanol–water partition coefficient (Wildman–Crippen LogP) is 5.86. The molecule has 1 aliphatic rings. The number of rotatable bonds is 5. The van der Waals surface area contributed by atoms with Crippen LogP contribution in [-0.4, -0.2) is 12.5 Å². The van der Waals surface area contributed by atoms with Gasteiger partial charge in [-0.25, -0.2) is 8.78 Å². The van der Waals surface area contributed by atoms with Crippen molar-refractivity contribution in [1.82, 2.24) is 5.32 Å². The van der Waals surface area contributed by atoms with E-state index in [0.29, 0.717) is 22.9 Å². The first-order chi connectivity index (χ1) is 9.94. The maximum atomic E-state index is 13.4. The summed E-state index contributed by atoms with van der Waals surface area (Å²) in [6, 6.07) is 5.54. The number of alkyl halides is 2. The molecule has 1 aromatic rings. The van der Waals surface area contributed by atoms with E-state index in [4.69, 9.17) is 23.2 Å². The third kappa shape index (κ3) is 4.30. The van der Waals surface area contributed by atoms with Crippen LogP contribution < -0.4 is 5.32 Å². The number of benzene rings is 1. The first-order valence-corrected chi connectivity index (χ1v) is 8.25. The van der Waals surface area contributed by atoms with Gasteiger partial charge in [0.05, 0.1) is 10.0 Å². The molecule has 1 atom stereocenters. The average Bonchev–Trinajstić information content (AvgIpc) is 2.44. The van der Waals surface area contributed by atoms with Crippen molar-refractivity contribution in [3.8, 4) is 0 Å². The van der Waals surface area contributed by atoms with Gasteiger partial charge in [0.15, 0.2) is 0 Å². The lowest BCUT2D eigenvalue weighted by molar-refractivity contribution is -0.0497. The Labute approximate surface area is 135 Å². The Morgan fingerprint density at radius 3 is 2.57 bits per heavy atom. The van der Waals surface area contributed by atoms with Crippen LogP contribution in [0, 0.1) is 5.92 Å². The van der Waals surface area contributed by atoms with Crippen LogP contribution in [0.5, 0.6) is 0 Å². The van der Waals surface area contributed by atoms with Crippen LogP contribution >= 0.6 is 23.2 Å². The normalized spacial score (nSPS) is 20.4. The molecule has 1 saturated carbocycles. The second kappa shape index (κ2) is 7.26. The summed E-state index contributed by atoms with van der Waals surface area (Å²) in [5.41, 5.74) is 0.924. The fraction of sp³-hybridized carbons (Fsp3) is 0.625. The van der Waals surface area contributed by atoms with E-state index in [1.807, 2.05) is 12.1 Å². The van der Waals surface area contributed by atoms with E-state index in [-0.39, 0.29) is 24.8 Å². The van der Waals surface area contributed by atoms with Gasteiger partial charge >= 0.3 is 0 Å². The molecule has 1 fully saturated rings.